The molecule has 1 fully saturated rings. The van der Waals surface area contributed by atoms with Gasteiger partial charge >= 0.3 is 5.97 Å². The van der Waals surface area contributed by atoms with E-state index in [1.54, 1.807) is 0 Å². The van der Waals surface area contributed by atoms with Crippen LogP contribution in [0.5, 0.6) is 0 Å². The van der Waals surface area contributed by atoms with E-state index in [0.29, 0.717) is 6.42 Å². The van der Waals surface area contributed by atoms with Gasteiger partial charge in [0, 0.05) is 0 Å². The van der Waals surface area contributed by atoms with Gasteiger partial charge in [-0.1, -0.05) is 50.5 Å². The van der Waals surface area contributed by atoms with Gasteiger partial charge in [0.15, 0.2) is 0 Å². The number of aliphatic carboxylic acids is 1. The number of hydrogen-bond acceptors (Lipinski definition) is 1. The van der Waals surface area contributed by atoms with Crippen LogP contribution in [0.25, 0.3) is 0 Å². The Morgan fingerprint density at radius 3 is 2.15 bits per heavy atom. The van der Waals surface area contributed by atoms with Crippen LogP contribution in [0.3, 0.4) is 0 Å². The highest BCUT2D eigenvalue weighted by atomic mass is 16.4. The van der Waals surface area contributed by atoms with Gasteiger partial charge in [-0.05, 0) is 48.6 Å². The Bertz CT molecular complexity index is 427. The maximum atomic E-state index is 11.1. The molecule has 2 heteroatoms. The summed E-state index contributed by atoms with van der Waals surface area (Å²) in [6.07, 6.45) is 9.28. The van der Waals surface area contributed by atoms with Gasteiger partial charge in [0.05, 0.1) is 6.42 Å². The first-order chi connectivity index (χ1) is 9.63. The molecule has 0 amide bonds. The van der Waals surface area contributed by atoms with Crippen molar-refractivity contribution in [3.8, 4) is 0 Å². The van der Waals surface area contributed by atoms with Gasteiger partial charge in [-0.15, -0.1) is 0 Å². The van der Waals surface area contributed by atoms with Crippen molar-refractivity contribution in [3.63, 3.8) is 0 Å². The fraction of sp³-hybridized carbons (Fsp3) is 0.611. The third-order valence-corrected chi connectivity index (χ3v) is 4.70. The van der Waals surface area contributed by atoms with Gasteiger partial charge in [0.25, 0.3) is 0 Å². The molecule has 1 saturated carbocycles. The van der Waals surface area contributed by atoms with Crippen LogP contribution in [0, 0.1) is 5.41 Å². The molecule has 0 aliphatic heterocycles. The van der Waals surface area contributed by atoms with Crippen LogP contribution >= 0.6 is 0 Å². The minimum Gasteiger partial charge on any atom is -0.481 e. The van der Waals surface area contributed by atoms with Crippen molar-refractivity contribution in [1.29, 1.82) is 0 Å². The van der Waals surface area contributed by atoms with Crippen LogP contribution in [0.2, 0.25) is 0 Å². The second-order valence-corrected chi connectivity index (χ2v) is 6.34. The molecule has 1 N–H and O–H groups in total. The molecule has 1 aromatic rings. The lowest BCUT2D eigenvalue weighted by Gasteiger charge is -2.27. The minimum atomic E-state index is -0.634. The number of carboxylic acids is 1. The van der Waals surface area contributed by atoms with E-state index in [9.17, 15) is 4.79 Å². The Morgan fingerprint density at radius 2 is 1.65 bits per heavy atom. The molecule has 110 valence electrons. The van der Waals surface area contributed by atoms with Crippen molar-refractivity contribution >= 4 is 5.97 Å². The number of rotatable bonds is 7. The van der Waals surface area contributed by atoms with Crippen LogP contribution in [0.4, 0.5) is 0 Å². The molecule has 1 aliphatic rings. The van der Waals surface area contributed by atoms with Crippen LogP contribution in [0.1, 0.15) is 63.0 Å². The fourth-order valence-corrected chi connectivity index (χ4v) is 3.53. The molecule has 1 aromatic carbocycles. The Morgan fingerprint density at radius 1 is 1.10 bits per heavy atom. The second kappa shape index (κ2) is 6.92. The SMILES string of the molecule is CCCc1ccc(CCC2(CC(=O)O)CCCC2)cc1. The summed E-state index contributed by atoms with van der Waals surface area (Å²) in [6, 6.07) is 8.87. The van der Waals surface area contributed by atoms with Gasteiger partial charge in [0.2, 0.25) is 0 Å². The molecular weight excluding hydrogens is 248 g/mol. The maximum Gasteiger partial charge on any atom is 0.303 e. The zero-order valence-corrected chi connectivity index (χ0v) is 12.5. The smallest absolute Gasteiger partial charge is 0.303 e. The van der Waals surface area contributed by atoms with Crippen molar-refractivity contribution in [1.82, 2.24) is 0 Å². The highest BCUT2D eigenvalue weighted by Crippen LogP contribution is 2.44. The third kappa shape index (κ3) is 4.09. The van der Waals surface area contributed by atoms with Gasteiger partial charge in [-0.25, -0.2) is 0 Å². The average Bonchev–Trinajstić information content (AvgIpc) is 2.86. The Kier molecular flexibility index (Phi) is 5.22. The second-order valence-electron chi connectivity index (χ2n) is 6.34. The Balaban J connectivity index is 1.93. The van der Waals surface area contributed by atoms with Crippen LogP contribution in [-0.4, -0.2) is 11.1 Å². The standard InChI is InChI=1S/C18H26O2/c1-2-5-15-6-8-16(9-7-15)10-13-18(14-17(19)20)11-3-4-12-18/h6-9H,2-5,10-14H2,1H3,(H,19,20). The molecule has 0 bridgehead atoms. The first kappa shape index (κ1) is 15.1. The highest BCUT2D eigenvalue weighted by molar-refractivity contribution is 5.67. The van der Waals surface area contributed by atoms with E-state index in [4.69, 9.17) is 5.11 Å². The molecular formula is C18H26O2. The van der Waals surface area contributed by atoms with E-state index in [0.717, 1.165) is 32.1 Å². The molecule has 20 heavy (non-hydrogen) atoms. The monoisotopic (exact) mass is 274 g/mol. The minimum absolute atomic E-state index is 0.0634. The first-order valence-corrected chi connectivity index (χ1v) is 7.93. The van der Waals surface area contributed by atoms with Crippen LogP contribution in [0.15, 0.2) is 24.3 Å². The van der Waals surface area contributed by atoms with Crippen molar-refractivity contribution in [3.05, 3.63) is 35.4 Å². The topological polar surface area (TPSA) is 37.3 Å². The number of carboxylic acid groups (broad SMARTS) is 1. The van der Waals surface area contributed by atoms with Crippen LogP contribution < -0.4 is 0 Å². The summed E-state index contributed by atoms with van der Waals surface area (Å²) in [6.45, 7) is 2.20. The lowest BCUT2D eigenvalue weighted by molar-refractivity contribution is -0.139. The van der Waals surface area contributed by atoms with Gasteiger partial charge in [-0.2, -0.15) is 0 Å². The quantitative estimate of drug-likeness (QED) is 0.788. The summed E-state index contributed by atoms with van der Waals surface area (Å²) in [5, 5.41) is 9.13. The Labute approximate surface area is 122 Å². The van der Waals surface area contributed by atoms with E-state index in [-0.39, 0.29) is 5.41 Å². The molecule has 0 unspecified atom stereocenters. The molecule has 0 spiro atoms. The summed E-state index contributed by atoms with van der Waals surface area (Å²) in [5.74, 6) is -0.634. The number of hydrogen-bond donors (Lipinski definition) is 1. The normalized spacial score (nSPS) is 17.2. The van der Waals surface area contributed by atoms with Gasteiger partial charge in [0.1, 0.15) is 0 Å². The van der Waals surface area contributed by atoms with Crippen LogP contribution in [-0.2, 0) is 17.6 Å². The van der Waals surface area contributed by atoms with Crippen molar-refractivity contribution in [2.45, 2.75) is 64.7 Å². The van der Waals surface area contributed by atoms with Gasteiger partial charge in [-0.3, -0.25) is 4.79 Å². The first-order valence-electron chi connectivity index (χ1n) is 7.93. The summed E-state index contributed by atoms with van der Waals surface area (Å²) >= 11 is 0. The maximum absolute atomic E-state index is 11.1. The van der Waals surface area contributed by atoms with E-state index < -0.39 is 5.97 Å². The van der Waals surface area contributed by atoms with Gasteiger partial charge < -0.3 is 5.11 Å². The van der Waals surface area contributed by atoms with E-state index in [2.05, 4.69) is 31.2 Å². The summed E-state index contributed by atoms with van der Waals surface area (Å²) in [4.78, 5) is 11.1. The molecule has 0 aromatic heterocycles. The average molecular weight is 274 g/mol. The lowest BCUT2D eigenvalue weighted by Crippen LogP contribution is -2.21. The third-order valence-electron chi connectivity index (χ3n) is 4.70. The molecule has 0 atom stereocenters. The van der Waals surface area contributed by atoms with Crippen molar-refractivity contribution in [2.24, 2.45) is 5.41 Å². The lowest BCUT2D eigenvalue weighted by atomic mass is 9.77. The number of benzene rings is 1. The predicted molar refractivity (Wildman–Crippen MR) is 81.9 cm³/mol. The van der Waals surface area contributed by atoms with E-state index in [1.807, 2.05) is 0 Å². The predicted octanol–water partition coefficient (Wildman–Crippen LogP) is 4.61. The molecule has 1 aliphatic carbocycles. The van der Waals surface area contributed by atoms with Crippen molar-refractivity contribution < 1.29 is 9.90 Å². The van der Waals surface area contributed by atoms with E-state index in [1.165, 1.54) is 30.4 Å². The summed E-state index contributed by atoms with van der Waals surface area (Å²) < 4.78 is 0. The zero-order valence-electron chi connectivity index (χ0n) is 12.5. The molecule has 0 saturated heterocycles. The summed E-state index contributed by atoms with van der Waals surface area (Å²) in [5.41, 5.74) is 2.81. The molecule has 2 nitrogen and oxygen atoms in total. The largest absolute Gasteiger partial charge is 0.481 e. The highest BCUT2D eigenvalue weighted by Gasteiger charge is 2.35. The fourth-order valence-electron chi connectivity index (χ4n) is 3.53. The Hall–Kier alpha value is -1.31. The number of aryl methyl sites for hydroxylation is 2. The van der Waals surface area contributed by atoms with E-state index >= 15 is 0 Å². The zero-order chi connectivity index (χ0) is 14.4. The molecule has 0 radical (unpaired) electrons. The number of carbonyl (C=O) groups is 1. The molecule has 2 rings (SSSR count). The summed E-state index contributed by atoms with van der Waals surface area (Å²) in [7, 11) is 0. The molecule has 0 heterocycles. The van der Waals surface area contributed by atoms with Crippen molar-refractivity contribution in [2.75, 3.05) is 0 Å².